The minimum absolute atomic E-state index is 0.0400. The van der Waals surface area contributed by atoms with Crippen LogP contribution >= 0.6 is 0 Å². The van der Waals surface area contributed by atoms with Crippen LogP contribution in [0.1, 0.15) is 20.3 Å². The lowest BCUT2D eigenvalue weighted by molar-refractivity contribution is -0.114. The molecule has 0 aliphatic heterocycles. The van der Waals surface area contributed by atoms with Gasteiger partial charge in [-0.2, -0.15) is 0 Å². The Hall–Kier alpha value is -2.30. The Labute approximate surface area is 111 Å². The second-order valence-electron chi connectivity index (χ2n) is 4.42. The van der Waals surface area contributed by atoms with Gasteiger partial charge in [-0.25, -0.2) is 0 Å². The number of rotatable bonds is 4. The van der Waals surface area contributed by atoms with Gasteiger partial charge in [0.1, 0.15) is 0 Å². The number of amides is 1. The number of hydrogen-bond acceptors (Lipinski definition) is 2. The van der Waals surface area contributed by atoms with Crippen LogP contribution in [0.3, 0.4) is 0 Å². The number of aromatic nitrogens is 2. The Kier molecular flexibility index (Phi) is 3.85. The van der Waals surface area contributed by atoms with E-state index in [0.717, 1.165) is 17.7 Å². The number of aryl methyl sites for hydroxylation is 1. The quantitative estimate of drug-likeness (QED) is 0.884. The molecule has 1 aromatic carbocycles. The molecular formula is C14H17N3O2. The van der Waals surface area contributed by atoms with Gasteiger partial charge in [-0.1, -0.05) is 19.1 Å². The molecule has 0 aliphatic rings. The van der Waals surface area contributed by atoms with Crippen molar-refractivity contribution in [2.75, 3.05) is 5.32 Å². The van der Waals surface area contributed by atoms with Crippen molar-refractivity contribution in [1.82, 2.24) is 9.78 Å². The molecule has 1 amide bonds. The fourth-order valence-corrected chi connectivity index (χ4v) is 1.94. The molecule has 1 heterocycles. The van der Waals surface area contributed by atoms with Crippen LogP contribution in [0.15, 0.2) is 35.1 Å². The summed E-state index contributed by atoms with van der Waals surface area (Å²) in [7, 11) is 0. The molecule has 2 rings (SSSR count). The Balaban J connectivity index is 2.33. The summed E-state index contributed by atoms with van der Waals surface area (Å²) in [4.78, 5) is 22.8. The van der Waals surface area contributed by atoms with Crippen LogP contribution in [-0.2, 0) is 11.3 Å². The minimum atomic E-state index is -0.116. The molecule has 0 unspecified atom stereocenters. The number of hydrogen-bond donors (Lipinski definition) is 2. The molecular weight excluding hydrogens is 242 g/mol. The average molecular weight is 259 g/mol. The molecule has 100 valence electrons. The van der Waals surface area contributed by atoms with E-state index in [1.807, 2.05) is 31.2 Å². The maximum Gasteiger partial charge on any atom is 0.267 e. The zero-order chi connectivity index (χ0) is 13.8. The molecule has 0 radical (unpaired) electrons. The van der Waals surface area contributed by atoms with Crippen molar-refractivity contribution in [3.63, 3.8) is 0 Å². The summed E-state index contributed by atoms with van der Waals surface area (Å²) in [5, 5.41) is 5.79. The number of carbonyl (C=O) groups excluding carboxylic acids is 1. The third-order valence-electron chi connectivity index (χ3n) is 2.73. The van der Waals surface area contributed by atoms with Crippen LogP contribution in [0.2, 0.25) is 0 Å². The SMILES string of the molecule is CCCn1[nH]c(-c2cccc(NC(C)=O)c2)cc1=O. The van der Waals surface area contributed by atoms with E-state index in [0.29, 0.717) is 12.2 Å². The normalized spacial score (nSPS) is 10.4. The predicted molar refractivity (Wildman–Crippen MR) is 75.1 cm³/mol. The summed E-state index contributed by atoms with van der Waals surface area (Å²) in [5.41, 5.74) is 2.31. The van der Waals surface area contributed by atoms with Gasteiger partial charge in [0.05, 0.1) is 5.69 Å². The molecule has 5 heteroatoms. The van der Waals surface area contributed by atoms with Crippen molar-refractivity contribution in [2.45, 2.75) is 26.8 Å². The van der Waals surface area contributed by atoms with E-state index in [1.165, 1.54) is 6.92 Å². The van der Waals surface area contributed by atoms with Crippen molar-refractivity contribution in [1.29, 1.82) is 0 Å². The van der Waals surface area contributed by atoms with Crippen LogP contribution in [-0.4, -0.2) is 15.7 Å². The van der Waals surface area contributed by atoms with Crippen molar-refractivity contribution in [2.24, 2.45) is 0 Å². The zero-order valence-electron chi connectivity index (χ0n) is 11.1. The average Bonchev–Trinajstić information content (AvgIpc) is 2.71. The Morgan fingerprint density at radius 2 is 2.16 bits per heavy atom. The summed E-state index contributed by atoms with van der Waals surface area (Å²) in [6.07, 6.45) is 0.895. The molecule has 0 atom stereocenters. The first kappa shape index (κ1) is 13.1. The summed E-state index contributed by atoms with van der Waals surface area (Å²) >= 11 is 0. The first-order valence-corrected chi connectivity index (χ1v) is 6.28. The highest BCUT2D eigenvalue weighted by Crippen LogP contribution is 2.19. The van der Waals surface area contributed by atoms with Gasteiger partial charge < -0.3 is 5.32 Å². The van der Waals surface area contributed by atoms with Crippen LogP contribution < -0.4 is 10.9 Å². The van der Waals surface area contributed by atoms with E-state index in [2.05, 4.69) is 10.4 Å². The maximum atomic E-state index is 11.7. The minimum Gasteiger partial charge on any atom is -0.326 e. The monoisotopic (exact) mass is 259 g/mol. The van der Waals surface area contributed by atoms with Crippen LogP contribution in [0, 0.1) is 0 Å². The molecule has 0 saturated heterocycles. The first-order chi connectivity index (χ1) is 9.10. The van der Waals surface area contributed by atoms with E-state index in [1.54, 1.807) is 10.7 Å². The molecule has 2 N–H and O–H groups in total. The second-order valence-corrected chi connectivity index (χ2v) is 4.42. The second kappa shape index (κ2) is 5.56. The van der Waals surface area contributed by atoms with Crippen molar-refractivity contribution < 1.29 is 4.79 Å². The predicted octanol–water partition coefficient (Wildman–Crippen LogP) is 2.21. The number of aromatic amines is 1. The standard InChI is InChI=1S/C14H17N3O2/c1-3-7-17-14(19)9-13(16-17)11-5-4-6-12(8-11)15-10(2)18/h4-6,8-9,16H,3,7H2,1-2H3,(H,15,18). The molecule has 0 fully saturated rings. The number of carbonyl (C=O) groups is 1. The summed E-state index contributed by atoms with van der Waals surface area (Å²) in [6, 6.07) is 8.96. The largest absolute Gasteiger partial charge is 0.326 e. The van der Waals surface area contributed by atoms with E-state index >= 15 is 0 Å². The van der Waals surface area contributed by atoms with Crippen LogP contribution in [0.5, 0.6) is 0 Å². The lowest BCUT2D eigenvalue weighted by Crippen LogP contribution is -2.15. The molecule has 0 bridgehead atoms. The molecule has 0 saturated carbocycles. The summed E-state index contributed by atoms with van der Waals surface area (Å²) in [6.45, 7) is 4.15. The van der Waals surface area contributed by atoms with E-state index < -0.39 is 0 Å². The van der Waals surface area contributed by atoms with Gasteiger partial charge in [0.2, 0.25) is 5.91 Å². The van der Waals surface area contributed by atoms with Crippen LogP contribution in [0.4, 0.5) is 5.69 Å². The van der Waals surface area contributed by atoms with Gasteiger partial charge in [-0.3, -0.25) is 19.4 Å². The van der Waals surface area contributed by atoms with E-state index in [9.17, 15) is 9.59 Å². The summed E-state index contributed by atoms with van der Waals surface area (Å²) in [5.74, 6) is -0.116. The fraction of sp³-hybridized carbons (Fsp3) is 0.286. The van der Waals surface area contributed by atoms with Gasteiger partial charge >= 0.3 is 0 Å². The van der Waals surface area contributed by atoms with Gasteiger partial charge in [0.15, 0.2) is 0 Å². The first-order valence-electron chi connectivity index (χ1n) is 6.28. The molecule has 5 nitrogen and oxygen atoms in total. The van der Waals surface area contributed by atoms with E-state index in [-0.39, 0.29) is 11.5 Å². The number of anilines is 1. The zero-order valence-corrected chi connectivity index (χ0v) is 11.1. The molecule has 0 spiro atoms. The molecule has 2 aromatic rings. The third-order valence-corrected chi connectivity index (χ3v) is 2.73. The Morgan fingerprint density at radius 3 is 2.84 bits per heavy atom. The molecule has 0 aliphatic carbocycles. The Bertz CT molecular complexity index is 640. The van der Waals surface area contributed by atoms with Gasteiger partial charge in [0.25, 0.3) is 5.56 Å². The van der Waals surface area contributed by atoms with Crippen molar-refractivity contribution in [3.8, 4) is 11.3 Å². The highest BCUT2D eigenvalue weighted by atomic mass is 16.1. The Morgan fingerprint density at radius 1 is 1.37 bits per heavy atom. The third kappa shape index (κ3) is 3.13. The van der Waals surface area contributed by atoms with Gasteiger partial charge in [-0.15, -0.1) is 0 Å². The highest BCUT2D eigenvalue weighted by molar-refractivity contribution is 5.89. The van der Waals surface area contributed by atoms with Crippen molar-refractivity contribution >= 4 is 11.6 Å². The number of nitrogens with zero attached hydrogens (tertiary/aromatic N) is 1. The van der Waals surface area contributed by atoms with E-state index in [4.69, 9.17) is 0 Å². The van der Waals surface area contributed by atoms with Crippen LogP contribution in [0.25, 0.3) is 11.3 Å². The highest BCUT2D eigenvalue weighted by Gasteiger charge is 2.05. The topological polar surface area (TPSA) is 66.9 Å². The van der Waals surface area contributed by atoms with Crippen molar-refractivity contribution in [3.05, 3.63) is 40.7 Å². The van der Waals surface area contributed by atoms with Gasteiger partial charge in [-0.05, 0) is 18.6 Å². The van der Waals surface area contributed by atoms with Gasteiger partial charge in [0, 0.05) is 30.8 Å². The number of nitrogens with one attached hydrogen (secondary N) is 2. The lowest BCUT2D eigenvalue weighted by atomic mass is 10.1. The smallest absolute Gasteiger partial charge is 0.267 e. The molecule has 1 aromatic heterocycles. The maximum absolute atomic E-state index is 11.7. The molecule has 19 heavy (non-hydrogen) atoms. The number of benzene rings is 1. The number of H-pyrrole nitrogens is 1. The summed E-state index contributed by atoms with van der Waals surface area (Å²) < 4.78 is 1.58. The fourth-order valence-electron chi connectivity index (χ4n) is 1.94. The lowest BCUT2D eigenvalue weighted by Gasteiger charge is -2.04.